The lowest BCUT2D eigenvalue weighted by Gasteiger charge is -2.07. The zero-order valence-electron chi connectivity index (χ0n) is 19.4. The van der Waals surface area contributed by atoms with Gasteiger partial charge in [-0.3, -0.25) is 14.4 Å². The van der Waals surface area contributed by atoms with Crippen LogP contribution in [-0.2, 0) is 6.54 Å². The van der Waals surface area contributed by atoms with Gasteiger partial charge in [0, 0.05) is 22.0 Å². The number of carbonyl (C=O) groups excluding carboxylic acids is 3. The predicted molar refractivity (Wildman–Crippen MR) is 149 cm³/mol. The maximum atomic E-state index is 12.6. The molecule has 4 rings (SSSR count). The quantitative estimate of drug-likeness (QED) is 0.166. The number of aromatic hydroxyl groups is 1. The van der Waals surface area contributed by atoms with Crippen molar-refractivity contribution in [3.05, 3.63) is 97.0 Å². The highest BCUT2D eigenvalue weighted by Crippen LogP contribution is 2.39. The Labute approximate surface area is 229 Å². The van der Waals surface area contributed by atoms with Gasteiger partial charge >= 0.3 is 0 Å². The minimum atomic E-state index is -0.573. The predicted octanol–water partition coefficient (Wildman–Crippen LogP) is 5.13. The van der Waals surface area contributed by atoms with Crippen molar-refractivity contribution in [3.8, 4) is 16.2 Å². The van der Waals surface area contributed by atoms with E-state index in [2.05, 4.69) is 31.8 Å². The summed E-state index contributed by atoms with van der Waals surface area (Å²) < 4.78 is 0.940. The minimum Gasteiger partial charge on any atom is -0.506 e. The van der Waals surface area contributed by atoms with E-state index in [1.165, 1.54) is 17.4 Å². The molecule has 0 aliphatic rings. The monoisotopic (exact) mass is 596 g/mol. The van der Waals surface area contributed by atoms with Gasteiger partial charge in [0.25, 0.3) is 11.8 Å². The van der Waals surface area contributed by atoms with E-state index in [9.17, 15) is 19.5 Å². The largest absolute Gasteiger partial charge is 0.506 e. The number of carbonyl (C=O) groups is 3. The van der Waals surface area contributed by atoms with E-state index in [4.69, 9.17) is 5.73 Å². The third kappa shape index (κ3) is 6.13. The molecule has 11 heteroatoms. The molecule has 0 spiro atoms. The van der Waals surface area contributed by atoms with Crippen LogP contribution in [0.2, 0.25) is 0 Å². The van der Waals surface area contributed by atoms with Gasteiger partial charge in [-0.05, 0) is 48.4 Å². The highest BCUT2D eigenvalue weighted by Gasteiger charge is 2.17. The van der Waals surface area contributed by atoms with Crippen LogP contribution in [0.3, 0.4) is 0 Å². The maximum absolute atomic E-state index is 12.6. The number of halogens is 1. The molecule has 0 radical (unpaired) electrons. The minimum absolute atomic E-state index is 0.0933. The number of hydrogen-bond acceptors (Lipinski definition) is 7. The lowest BCUT2D eigenvalue weighted by atomic mass is 10.1. The van der Waals surface area contributed by atoms with Crippen molar-refractivity contribution >= 4 is 62.0 Å². The molecule has 8 nitrogen and oxygen atoms in total. The smallest absolute Gasteiger partial charge is 0.281 e. The van der Waals surface area contributed by atoms with Gasteiger partial charge in [-0.1, -0.05) is 46.3 Å². The highest BCUT2D eigenvalue weighted by molar-refractivity contribution is 9.10. The van der Waals surface area contributed by atoms with E-state index in [-0.39, 0.29) is 18.2 Å². The third-order valence-corrected chi connectivity index (χ3v) is 7.99. The second kappa shape index (κ2) is 11.5. The number of thiophene rings is 2. The average Bonchev–Trinajstić information content (AvgIpc) is 3.54. The Bertz CT molecular complexity index is 1510. The van der Waals surface area contributed by atoms with E-state index >= 15 is 0 Å². The number of nitrogens with two attached hydrogens (primary N) is 1. The fourth-order valence-corrected chi connectivity index (χ4v) is 5.51. The van der Waals surface area contributed by atoms with Gasteiger partial charge in [0.2, 0.25) is 5.91 Å². The molecular formula is C26H21BrN4O4S2. The Balaban J connectivity index is 1.39. The molecule has 5 N–H and O–H groups in total. The van der Waals surface area contributed by atoms with E-state index in [0.717, 1.165) is 21.4 Å². The molecule has 188 valence electrons. The standard InChI is InChI=1S/C26H21BrN4O4S2/c1-14(19-13-36-23(22(19)32)15-6-8-17(27)9-7-15)30-31-26(35)21-11-10-20(37-21)25(34)29-12-16-4-2-3-5-18(16)24(28)33/h2-11,13,32H,12H2,1H3,(H2,28,33)(H,29,34)(H,31,35). The van der Waals surface area contributed by atoms with Crippen molar-refractivity contribution in [2.75, 3.05) is 0 Å². The first-order valence-corrected chi connectivity index (χ1v) is 13.4. The van der Waals surface area contributed by atoms with Crippen molar-refractivity contribution < 1.29 is 19.5 Å². The van der Waals surface area contributed by atoms with Crippen LogP contribution in [0.15, 0.2) is 75.6 Å². The van der Waals surface area contributed by atoms with Crippen LogP contribution >= 0.6 is 38.6 Å². The van der Waals surface area contributed by atoms with Gasteiger partial charge in [0.1, 0.15) is 5.75 Å². The van der Waals surface area contributed by atoms with Crippen molar-refractivity contribution in [2.24, 2.45) is 10.8 Å². The number of primary amides is 1. The molecule has 3 amide bonds. The first-order chi connectivity index (χ1) is 17.7. The van der Waals surface area contributed by atoms with Crippen LogP contribution in [0, 0.1) is 0 Å². The molecule has 0 aliphatic heterocycles. The first kappa shape index (κ1) is 26.3. The lowest BCUT2D eigenvalue weighted by Crippen LogP contribution is -2.24. The molecule has 0 fully saturated rings. The number of amides is 3. The van der Waals surface area contributed by atoms with Crippen molar-refractivity contribution in [1.29, 1.82) is 0 Å². The maximum Gasteiger partial charge on any atom is 0.281 e. The second-order valence-corrected chi connectivity index (χ2v) is 10.7. The van der Waals surface area contributed by atoms with E-state index < -0.39 is 11.8 Å². The SMILES string of the molecule is CC(=NNC(=O)c1ccc(C(=O)NCc2ccccc2C(N)=O)s1)c1csc(-c2ccc(Br)cc2)c1O. The lowest BCUT2D eigenvalue weighted by molar-refractivity contribution is 0.0948. The van der Waals surface area contributed by atoms with Gasteiger partial charge in [-0.15, -0.1) is 22.7 Å². The summed E-state index contributed by atoms with van der Waals surface area (Å²) in [6.45, 7) is 1.80. The fourth-order valence-electron chi connectivity index (χ4n) is 3.42. The molecule has 0 bridgehead atoms. The Morgan fingerprint density at radius 1 is 0.973 bits per heavy atom. The third-order valence-electron chi connectivity index (χ3n) is 5.36. The van der Waals surface area contributed by atoms with Crippen LogP contribution < -0.4 is 16.5 Å². The molecule has 2 aromatic carbocycles. The van der Waals surface area contributed by atoms with Gasteiger partial charge in [-0.2, -0.15) is 5.10 Å². The molecule has 0 saturated carbocycles. The van der Waals surface area contributed by atoms with Gasteiger partial charge in [0.15, 0.2) is 0 Å². The number of rotatable bonds is 8. The Morgan fingerprint density at radius 2 is 1.65 bits per heavy atom. The number of hydrazone groups is 1. The highest BCUT2D eigenvalue weighted by atomic mass is 79.9. The Hall–Kier alpha value is -3.80. The Morgan fingerprint density at radius 3 is 2.35 bits per heavy atom. The Kier molecular flexibility index (Phi) is 8.17. The van der Waals surface area contributed by atoms with Crippen LogP contribution in [0.5, 0.6) is 5.75 Å². The van der Waals surface area contributed by atoms with Gasteiger partial charge < -0.3 is 16.2 Å². The first-order valence-electron chi connectivity index (χ1n) is 10.9. The number of hydrogen-bond donors (Lipinski definition) is 4. The zero-order chi connectivity index (χ0) is 26.5. The van der Waals surface area contributed by atoms with Crippen molar-refractivity contribution in [3.63, 3.8) is 0 Å². The molecule has 0 aliphatic carbocycles. The summed E-state index contributed by atoms with van der Waals surface area (Å²) >= 11 is 5.79. The molecule has 4 aromatic rings. The van der Waals surface area contributed by atoms with Crippen LogP contribution in [0.4, 0.5) is 0 Å². The molecular weight excluding hydrogens is 576 g/mol. The second-order valence-electron chi connectivity index (χ2n) is 7.84. The summed E-state index contributed by atoms with van der Waals surface area (Å²) in [6, 6.07) is 17.4. The summed E-state index contributed by atoms with van der Waals surface area (Å²) in [4.78, 5) is 38.0. The fraction of sp³-hybridized carbons (Fsp3) is 0.0769. The average molecular weight is 598 g/mol. The van der Waals surface area contributed by atoms with Crippen LogP contribution in [0.1, 0.15) is 47.8 Å². The summed E-state index contributed by atoms with van der Waals surface area (Å²) in [5.74, 6) is -1.34. The summed E-state index contributed by atoms with van der Waals surface area (Å²) in [5, 5.41) is 19.3. The number of benzene rings is 2. The molecule has 0 saturated heterocycles. The summed E-state index contributed by atoms with van der Waals surface area (Å²) in [6.07, 6.45) is 0. The van der Waals surface area contributed by atoms with Crippen LogP contribution in [-0.4, -0.2) is 28.5 Å². The normalized spacial score (nSPS) is 11.2. The number of nitrogens with zero attached hydrogens (tertiary/aromatic N) is 1. The molecule has 2 aromatic heterocycles. The zero-order valence-corrected chi connectivity index (χ0v) is 22.7. The van der Waals surface area contributed by atoms with Gasteiger partial charge in [0.05, 0.1) is 25.9 Å². The number of nitrogens with one attached hydrogen (secondary N) is 2. The molecule has 0 unspecified atom stereocenters. The molecule has 2 heterocycles. The van der Waals surface area contributed by atoms with Gasteiger partial charge in [-0.25, -0.2) is 5.43 Å². The van der Waals surface area contributed by atoms with Crippen molar-refractivity contribution in [2.45, 2.75) is 13.5 Å². The van der Waals surface area contributed by atoms with E-state index in [1.807, 2.05) is 24.3 Å². The summed E-state index contributed by atoms with van der Waals surface area (Å²) in [7, 11) is 0. The van der Waals surface area contributed by atoms with Crippen molar-refractivity contribution in [1.82, 2.24) is 10.7 Å². The van der Waals surface area contributed by atoms with Crippen LogP contribution in [0.25, 0.3) is 10.4 Å². The summed E-state index contributed by atoms with van der Waals surface area (Å²) in [5.41, 5.74) is 10.6. The topological polar surface area (TPSA) is 134 Å². The van der Waals surface area contributed by atoms with E-state index in [1.54, 1.807) is 42.6 Å². The van der Waals surface area contributed by atoms with E-state index in [0.29, 0.717) is 37.0 Å². The molecule has 0 atom stereocenters. The molecule has 37 heavy (non-hydrogen) atoms.